The predicted molar refractivity (Wildman–Crippen MR) is 289 cm³/mol. The van der Waals surface area contributed by atoms with E-state index in [9.17, 15) is 48.3 Å². The van der Waals surface area contributed by atoms with Crippen molar-refractivity contribution in [3.05, 3.63) is 66.0 Å². The molecule has 9 atom stereocenters. The Balaban J connectivity index is 2.11. The molecule has 3 rings (SSSR count). The fourth-order valence-corrected chi connectivity index (χ4v) is 8.66. The Morgan fingerprint density at radius 1 is 0.623 bits per heavy atom. The Labute approximate surface area is 452 Å². The summed E-state index contributed by atoms with van der Waals surface area (Å²) >= 11 is 0. The van der Waals surface area contributed by atoms with Crippen molar-refractivity contribution in [2.24, 2.45) is 28.9 Å². The largest absolute Gasteiger partial charge is 0.393 e. The number of benzene rings is 1. The normalized spacial score (nSPS) is 22.5. The van der Waals surface area contributed by atoms with E-state index in [0.717, 1.165) is 32.1 Å². The van der Waals surface area contributed by atoms with E-state index in [4.69, 9.17) is 22.9 Å². The maximum absolute atomic E-state index is 14.5. The van der Waals surface area contributed by atoms with E-state index in [0.29, 0.717) is 17.5 Å². The summed E-state index contributed by atoms with van der Waals surface area (Å²) in [6.07, 6.45) is 6.17. The van der Waals surface area contributed by atoms with Crippen molar-refractivity contribution >= 4 is 53.2 Å². The molecule has 0 unspecified atom stereocenters. The number of unbranched alkanes of at least 4 members (excludes halogenated alkanes) is 4. The summed E-state index contributed by atoms with van der Waals surface area (Å²) in [7, 11) is 0. The molecule has 1 aromatic carbocycles. The summed E-state index contributed by atoms with van der Waals surface area (Å²) in [4.78, 5) is 131. The molecule has 18 N–H and O–H groups in total. The van der Waals surface area contributed by atoms with E-state index in [-0.39, 0.29) is 96.4 Å². The van der Waals surface area contributed by atoms with Crippen LogP contribution in [0, 0.1) is 5.92 Å². The minimum absolute atomic E-state index is 0.0568. The summed E-state index contributed by atoms with van der Waals surface area (Å²) < 4.78 is 0. The van der Waals surface area contributed by atoms with Crippen molar-refractivity contribution < 1.29 is 48.3 Å². The van der Waals surface area contributed by atoms with E-state index >= 15 is 0 Å². The second-order valence-electron chi connectivity index (χ2n) is 19.9. The van der Waals surface area contributed by atoms with Crippen molar-refractivity contribution in [1.29, 1.82) is 0 Å². The first-order valence-electron chi connectivity index (χ1n) is 27.0. The third-order valence-electron chi connectivity index (χ3n) is 12.9. The van der Waals surface area contributed by atoms with Crippen molar-refractivity contribution in [3.8, 4) is 0 Å². The number of rotatable bonds is 25. The second-order valence-corrected chi connectivity index (χ2v) is 19.9. The fraction of sp³-hybridized carbons (Fsp3) is 0.623. The van der Waals surface area contributed by atoms with Gasteiger partial charge in [0.15, 0.2) is 0 Å². The summed E-state index contributed by atoms with van der Waals surface area (Å²) in [6, 6.07) is 1.40. The first kappa shape index (κ1) is 64.7. The molecule has 24 nitrogen and oxygen atoms in total. The number of nitrogens with two attached hydrogens (primary N) is 4. The van der Waals surface area contributed by atoms with Crippen LogP contribution in [0.2, 0.25) is 0 Å². The highest BCUT2D eigenvalue weighted by Crippen LogP contribution is 2.13. The number of hydrogen-bond donors (Lipinski definition) is 14. The quantitative estimate of drug-likeness (QED) is 0.0470. The Bertz CT molecular complexity index is 2170. The zero-order chi connectivity index (χ0) is 56.7. The van der Waals surface area contributed by atoms with Crippen LogP contribution < -0.4 is 70.8 Å². The highest BCUT2D eigenvalue weighted by molar-refractivity contribution is 5.98. The highest BCUT2D eigenvalue weighted by Gasteiger charge is 2.35. The van der Waals surface area contributed by atoms with Gasteiger partial charge in [0.25, 0.3) is 0 Å². The third-order valence-corrected chi connectivity index (χ3v) is 12.9. The van der Waals surface area contributed by atoms with Crippen LogP contribution in [-0.2, 0) is 56.0 Å². The molecule has 0 bridgehead atoms. The Kier molecular flexibility index (Phi) is 30.0. The molecule has 0 aliphatic carbocycles. The van der Waals surface area contributed by atoms with Gasteiger partial charge >= 0.3 is 0 Å². The standard InChI is InChI=1S/C53H86N14O10/c1-4-5-6-7-11-16-36(68)31-45(69)60-37(17-22-54)47(71)64-41-21-27-59-46(70)43(30-35-15-12-26-58-32-35)66-49(73)39(19-24-56)61-48(72)38(18-23-55)63-52(76)42(28-33(2)3)65-53(77)44(29-34-13-9-8-10-14-34)67-50(74)40(20-25-57)62-51(41)75/h8-10,12-15,26,32-33,36-44,68H,4-7,11,16-25,27-31,54-57H2,1-3H3,(H,59,70)(H,60,69)(H,61,72)(H,62,75)(H,63,76)(H,64,71)(H,65,77)(H,66,73)(H,67,74)/t36-,37-,38+,39+,40+,41+,42+,43+,44-/m1/s1. The number of carbonyl (C=O) groups is 9. The van der Waals surface area contributed by atoms with Crippen LogP contribution in [0.5, 0.6) is 0 Å². The Hall–Kier alpha value is -6.60. The molecule has 0 radical (unpaired) electrons. The lowest BCUT2D eigenvalue weighted by atomic mass is 10.00. The monoisotopic (exact) mass is 1080 g/mol. The minimum atomic E-state index is -1.50. The van der Waals surface area contributed by atoms with Crippen LogP contribution in [0.25, 0.3) is 0 Å². The minimum Gasteiger partial charge on any atom is -0.393 e. The summed E-state index contributed by atoms with van der Waals surface area (Å²) in [5.74, 6) is -7.19. The van der Waals surface area contributed by atoms with Crippen LogP contribution >= 0.6 is 0 Å². The van der Waals surface area contributed by atoms with Gasteiger partial charge in [0, 0.05) is 31.8 Å². The molecule has 9 amide bonds. The van der Waals surface area contributed by atoms with Crippen molar-refractivity contribution in [3.63, 3.8) is 0 Å². The molecule has 1 aromatic heterocycles. The van der Waals surface area contributed by atoms with Gasteiger partial charge in [-0.1, -0.05) is 89.3 Å². The number of amides is 9. The van der Waals surface area contributed by atoms with Crippen LogP contribution in [0.1, 0.15) is 115 Å². The maximum atomic E-state index is 14.5. The van der Waals surface area contributed by atoms with Crippen molar-refractivity contribution in [2.45, 2.75) is 172 Å². The van der Waals surface area contributed by atoms with Gasteiger partial charge in [0.1, 0.15) is 48.3 Å². The van der Waals surface area contributed by atoms with Crippen molar-refractivity contribution in [1.82, 2.24) is 52.8 Å². The van der Waals surface area contributed by atoms with Gasteiger partial charge in [0.05, 0.1) is 12.5 Å². The molecule has 1 saturated heterocycles. The van der Waals surface area contributed by atoms with Crippen LogP contribution in [-0.4, -0.2) is 150 Å². The average Bonchev–Trinajstić information content (AvgIpc) is 3.39. The number of carbonyl (C=O) groups excluding carboxylic acids is 9. The molecule has 2 aromatic rings. The maximum Gasteiger partial charge on any atom is 0.243 e. The molecule has 2 heterocycles. The van der Waals surface area contributed by atoms with E-state index in [1.165, 1.54) is 12.4 Å². The number of hydrogen-bond acceptors (Lipinski definition) is 15. The number of pyridine rings is 1. The molecule has 77 heavy (non-hydrogen) atoms. The van der Waals surface area contributed by atoms with Gasteiger partial charge in [-0.05, 0) is 94.2 Å². The first-order valence-corrected chi connectivity index (χ1v) is 27.0. The topological polar surface area (TPSA) is 399 Å². The highest BCUT2D eigenvalue weighted by atomic mass is 16.3. The molecular formula is C53H86N14O10. The smallest absolute Gasteiger partial charge is 0.243 e. The van der Waals surface area contributed by atoms with Gasteiger partial charge in [-0.3, -0.25) is 48.1 Å². The van der Waals surface area contributed by atoms with Gasteiger partial charge in [-0.25, -0.2) is 0 Å². The summed E-state index contributed by atoms with van der Waals surface area (Å²) in [6.45, 7) is 5.11. The van der Waals surface area contributed by atoms with Crippen LogP contribution in [0.15, 0.2) is 54.9 Å². The summed E-state index contributed by atoms with van der Waals surface area (Å²) in [5, 5.41) is 34.8. The van der Waals surface area contributed by atoms with Gasteiger partial charge in [-0.2, -0.15) is 0 Å². The van der Waals surface area contributed by atoms with E-state index in [2.05, 4.69) is 59.8 Å². The van der Waals surface area contributed by atoms with E-state index in [1.807, 2.05) is 13.8 Å². The van der Waals surface area contributed by atoms with Crippen molar-refractivity contribution in [2.75, 3.05) is 32.7 Å². The average molecular weight is 1080 g/mol. The molecule has 24 heteroatoms. The number of nitrogens with zero attached hydrogens (tertiary/aromatic N) is 1. The number of nitrogens with one attached hydrogen (secondary N) is 9. The van der Waals surface area contributed by atoms with E-state index in [1.54, 1.807) is 42.5 Å². The second kappa shape index (κ2) is 35.7. The summed E-state index contributed by atoms with van der Waals surface area (Å²) in [5.41, 5.74) is 24.9. The molecule has 1 fully saturated rings. The molecule has 0 saturated carbocycles. The molecule has 1 aliphatic heterocycles. The lowest BCUT2D eigenvalue weighted by Gasteiger charge is -2.28. The molecule has 428 valence electrons. The lowest BCUT2D eigenvalue weighted by molar-refractivity contribution is -0.136. The first-order chi connectivity index (χ1) is 36.9. The SMILES string of the molecule is CCCCCCC[C@@H](O)CC(=O)N[C@H](CCN)C(=O)N[C@H]1CCNC(=O)[C@H](Cc2cccnc2)NC(=O)[C@H](CCN)NC(=O)[C@H](CCN)NC(=O)[C@H](CC(C)C)NC(=O)[C@@H](Cc2ccccc2)NC(=O)[C@H](CCN)NC1=O. The van der Waals surface area contributed by atoms with Crippen LogP contribution in [0.4, 0.5) is 0 Å². The number of aromatic nitrogens is 1. The third kappa shape index (κ3) is 24.1. The number of aliphatic hydroxyl groups excluding tert-OH is 1. The van der Waals surface area contributed by atoms with Gasteiger partial charge in [-0.15, -0.1) is 0 Å². The Morgan fingerprint density at radius 2 is 1.13 bits per heavy atom. The number of aliphatic hydroxyl groups is 1. The molecular weight excluding hydrogens is 993 g/mol. The lowest BCUT2D eigenvalue weighted by Crippen LogP contribution is -2.61. The van der Waals surface area contributed by atoms with Gasteiger partial charge in [0.2, 0.25) is 53.2 Å². The fourth-order valence-electron chi connectivity index (χ4n) is 8.66. The zero-order valence-corrected chi connectivity index (χ0v) is 45.0. The van der Waals surface area contributed by atoms with Gasteiger partial charge < -0.3 is 75.9 Å². The van der Waals surface area contributed by atoms with E-state index < -0.39 is 108 Å². The molecule has 0 spiro atoms. The zero-order valence-electron chi connectivity index (χ0n) is 45.0. The molecule has 1 aliphatic rings. The predicted octanol–water partition coefficient (Wildman–Crippen LogP) is -2.18. The van der Waals surface area contributed by atoms with Crippen LogP contribution in [0.3, 0.4) is 0 Å². The Morgan fingerprint density at radius 3 is 1.68 bits per heavy atom.